The van der Waals surface area contributed by atoms with Gasteiger partial charge in [0.05, 0.1) is 0 Å². The number of carbonyl (C=O) groups is 4. The van der Waals surface area contributed by atoms with Crippen molar-refractivity contribution < 1.29 is 19.2 Å². The Morgan fingerprint density at radius 2 is 2.07 bits per heavy atom. The summed E-state index contributed by atoms with van der Waals surface area (Å²) in [6.07, 6.45) is 0.544. The van der Waals surface area contributed by atoms with Gasteiger partial charge in [0, 0.05) is 30.8 Å². The number of nitrogens with zero attached hydrogens (tertiary/aromatic N) is 2. The van der Waals surface area contributed by atoms with Gasteiger partial charge in [-0.15, -0.1) is 0 Å². The van der Waals surface area contributed by atoms with Crippen molar-refractivity contribution in [1.29, 1.82) is 0 Å². The van der Waals surface area contributed by atoms with Gasteiger partial charge in [-0.2, -0.15) is 0 Å². The van der Waals surface area contributed by atoms with Crippen molar-refractivity contribution in [3.8, 4) is 0 Å². The second-order valence-corrected chi connectivity index (χ2v) is 7.36. The van der Waals surface area contributed by atoms with E-state index in [9.17, 15) is 19.2 Å². The number of aromatic nitrogens is 1. The fraction of sp³-hybridized carbons (Fsp3) is 0.286. The van der Waals surface area contributed by atoms with Crippen LogP contribution < -0.4 is 16.0 Å². The second-order valence-electron chi connectivity index (χ2n) is 7.36. The van der Waals surface area contributed by atoms with Gasteiger partial charge in [0.1, 0.15) is 11.9 Å². The maximum atomic E-state index is 12.7. The van der Waals surface area contributed by atoms with Crippen molar-refractivity contribution in [2.45, 2.75) is 38.9 Å². The van der Waals surface area contributed by atoms with Gasteiger partial charge in [-0.1, -0.05) is 18.2 Å². The number of nitrogens with one attached hydrogen (secondary N) is 3. The largest absolute Gasteiger partial charge is 0.334 e. The van der Waals surface area contributed by atoms with Crippen LogP contribution in [0, 0.1) is 6.92 Å². The highest BCUT2D eigenvalue weighted by molar-refractivity contribution is 6.05. The molecular weight excluding hydrogens is 386 g/mol. The first-order chi connectivity index (χ1) is 14.4. The SMILES string of the molecule is Cc1cccc(NC(=O)NCc2ccc3c(c2)CN(C2CCC(=O)NC2=O)C3=O)n1. The van der Waals surface area contributed by atoms with Crippen molar-refractivity contribution in [3.05, 3.63) is 58.8 Å². The van der Waals surface area contributed by atoms with E-state index >= 15 is 0 Å². The minimum Gasteiger partial charge on any atom is -0.334 e. The first kappa shape index (κ1) is 19.6. The van der Waals surface area contributed by atoms with Crippen LogP contribution in [-0.2, 0) is 22.7 Å². The molecule has 1 saturated heterocycles. The Kier molecular flexibility index (Phi) is 5.18. The maximum absolute atomic E-state index is 12.7. The molecule has 2 aliphatic rings. The number of hydrogen-bond donors (Lipinski definition) is 3. The van der Waals surface area contributed by atoms with E-state index in [-0.39, 0.29) is 30.8 Å². The van der Waals surface area contributed by atoms with Crippen LogP contribution in [-0.4, -0.2) is 39.7 Å². The number of fused-ring (bicyclic) bond motifs is 1. The molecule has 0 spiro atoms. The molecule has 5 amide bonds. The Hall–Kier alpha value is -3.75. The lowest BCUT2D eigenvalue weighted by Gasteiger charge is -2.29. The Morgan fingerprint density at radius 1 is 1.23 bits per heavy atom. The van der Waals surface area contributed by atoms with Gasteiger partial charge in [-0.05, 0) is 42.7 Å². The molecule has 1 atom stereocenters. The molecule has 0 bridgehead atoms. The van der Waals surface area contributed by atoms with Crippen LogP contribution >= 0.6 is 0 Å². The minimum atomic E-state index is -0.642. The summed E-state index contributed by atoms with van der Waals surface area (Å²) < 4.78 is 0. The predicted octanol–water partition coefficient (Wildman–Crippen LogP) is 1.47. The maximum Gasteiger partial charge on any atom is 0.320 e. The van der Waals surface area contributed by atoms with Gasteiger partial charge in [0.2, 0.25) is 11.8 Å². The molecule has 1 aromatic heterocycles. The average molecular weight is 407 g/mol. The summed E-state index contributed by atoms with van der Waals surface area (Å²) in [6, 6.07) is 9.67. The fourth-order valence-corrected chi connectivity index (χ4v) is 3.69. The van der Waals surface area contributed by atoms with Crippen molar-refractivity contribution in [3.63, 3.8) is 0 Å². The van der Waals surface area contributed by atoms with E-state index in [4.69, 9.17) is 0 Å². The topological polar surface area (TPSA) is 120 Å². The molecule has 1 aromatic carbocycles. The molecule has 3 heterocycles. The average Bonchev–Trinajstić information content (AvgIpc) is 3.02. The van der Waals surface area contributed by atoms with Crippen molar-refractivity contribution in [2.75, 3.05) is 5.32 Å². The number of aryl methyl sites for hydroxylation is 1. The minimum absolute atomic E-state index is 0.219. The second kappa shape index (κ2) is 7.94. The number of carbonyl (C=O) groups excluding carboxylic acids is 4. The molecule has 1 fully saturated rings. The Bertz CT molecular complexity index is 1050. The quantitative estimate of drug-likeness (QED) is 0.663. The zero-order valence-electron chi connectivity index (χ0n) is 16.4. The Morgan fingerprint density at radius 3 is 2.83 bits per heavy atom. The van der Waals surface area contributed by atoms with Crippen LogP contribution in [0.4, 0.5) is 10.6 Å². The third kappa shape index (κ3) is 4.00. The van der Waals surface area contributed by atoms with Gasteiger partial charge in [0.15, 0.2) is 0 Å². The molecule has 0 radical (unpaired) electrons. The lowest BCUT2D eigenvalue weighted by atomic mass is 10.0. The van der Waals surface area contributed by atoms with E-state index in [0.717, 1.165) is 16.8 Å². The van der Waals surface area contributed by atoms with Gasteiger partial charge < -0.3 is 10.2 Å². The molecule has 30 heavy (non-hydrogen) atoms. The summed E-state index contributed by atoms with van der Waals surface area (Å²) in [5.41, 5.74) is 2.97. The molecule has 0 aliphatic carbocycles. The number of pyridine rings is 1. The van der Waals surface area contributed by atoms with Crippen LogP contribution in [0.3, 0.4) is 0 Å². The number of rotatable bonds is 4. The van der Waals surface area contributed by atoms with E-state index in [0.29, 0.717) is 24.3 Å². The van der Waals surface area contributed by atoms with E-state index in [2.05, 4.69) is 20.9 Å². The molecule has 1 unspecified atom stereocenters. The monoisotopic (exact) mass is 407 g/mol. The van der Waals surface area contributed by atoms with E-state index < -0.39 is 11.9 Å². The summed E-state index contributed by atoms with van der Waals surface area (Å²) in [7, 11) is 0. The summed E-state index contributed by atoms with van der Waals surface area (Å²) in [6.45, 7) is 2.41. The van der Waals surface area contributed by atoms with E-state index in [1.807, 2.05) is 25.1 Å². The van der Waals surface area contributed by atoms with Crippen LogP contribution in [0.2, 0.25) is 0 Å². The number of piperidine rings is 1. The Balaban J connectivity index is 1.38. The van der Waals surface area contributed by atoms with Crippen LogP contribution in [0.5, 0.6) is 0 Å². The number of anilines is 1. The third-order valence-corrected chi connectivity index (χ3v) is 5.17. The number of amides is 5. The van der Waals surface area contributed by atoms with E-state index in [1.54, 1.807) is 18.2 Å². The summed E-state index contributed by atoms with van der Waals surface area (Å²) in [4.78, 5) is 54.0. The van der Waals surface area contributed by atoms with Gasteiger partial charge >= 0.3 is 6.03 Å². The number of hydrogen-bond acceptors (Lipinski definition) is 5. The zero-order chi connectivity index (χ0) is 21.3. The van der Waals surface area contributed by atoms with Gasteiger partial charge in [0.25, 0.3) is 5.91 Å². The zero-order valence-corrected chi connectivity index (χ0v) is 16.4. The molecule has 154 valence electrons. The van der Waals surface area contributed by atoms with Crippen LogP contribution in [0.25, 0.3) is 0 Å². The third-order valence-electron chi connectivity index (χ3n) is 5.17. The first-order valence-corrected chi connectivity index (χ1v) is 9.65. The highest BCUT2D eigenvalue weighted by Crippen LogP contribution is 2.28. The van der Waals surface area contributed by atoms with Crippen molar-refractivity contribution in [1.82, 2.24) is 20.5 Å². The summed E-state index contributed by atoms with van der Waals surface area (Å²) in [5, 5.41) is 7.73. The van der Waals surface area contributed by atoms with Gasteiger partial charge in [-0.3, -0.25) is 25.0 Å². The lowest BCUT2D eigenvalue weighted by molar-refractivity contribution is -0.136. The molecular formula is C21H21N5O4. The van der Waals surface area contributed by atoms with Crippen molar-refractivity contribution >= 4 is 29.6 Å². The standard InChI is InChI=1S/C21H21N5O4/c1-12-3-2-4-17(23-12)24-21(30)22-10-13-5-6-15-14(9-13)11-26(20(15)29)16-7-8-18(27)25-19(16)28/h2-6,9,16H,7-8,10-11H2,1H3,(H,25,27,28)(H2,22,23,24,30). The highest BCUT2D eigenvalue weighted by atomic mass is 16.2. The van der Waals surface area contributed by atoms with E-state index in [1.165, 1.54) is 4.90 Å². The lowest BCUT2D eigenvalue weighted by Crippen LogP contribution is -2.52. The predicted molar refractivity (Wildman–Crippen MR) is 107 cm³/mol. The van der Waals surface area contributed by atoms with Crippen molar-refractivity contribution in [2.24, 2.45) is 0 Å². The molecule has 2 aliphatic heterocycles. The fourth-order valence-electron chi connectivity index (χ4n) is 3.69. The van der Waals surface area contributed by atoms with Crippen LogP contribution in [0.1, 0.15) is 40.0 Å². The molecule has 3 N–H and O–H groups in total. The molecule has 9 heteroatoms. The molecule has 0 saturated carbocycles. The van der Waals surface area contributed by atoms with Crippen LogP contribution in [0.15, 0.2) is 36.4 Å². The number of imide groups is 1. The Labute approximate surface area is 172 Å². The molecule has 4 rings (SSSR count). The summed E-state index contributed by atoms with van der Waals surface area (Å²) in [5.74, 6) is -0.502. The van der Waals surface area contributed by atoms with Gasteiger partial charge in [-0.25, -0.2) is 9.78 Å². The molecule has 9 nitrogen and oxygen atoms in total. The normalized spacial score (nSPS) is 18.1. The first-order valence-electron chi connectivity index (χ1n) is 9.65. The number of urea groups is 1. The summed E-state index contributed by atoms with van der Waals surface area (Å²) >= 11 is 0. The smallest absolute Gasteiger partial charge is 0.320 e. The number of benzene rings is 1. The highest BCUT2D eigenvalue weighted by Gasteiger charge is 2.39. The molecule has 2 aromatic rings.